The zero-order valence-electron chi connectivity index (χ0n) is 7.57. The highest BCUT2D eigenvalue weighted by atomic mass is 35.5. The van der Waals surface area contributed by atoms with Crippen LogP contribution in [0.5, 0.6) is 5.88 Å². The standard InChI is InChI=1S/C7H5ClF3N3O2/c8-6(14-15)4-1-13-5(2-12-4)16-3-7(9,10)11/h1-2,15H,3H2. The van der Waals surface area contributed by atoms with E-state index in [-0.39, 0.29) is 16.7 Å². The largest absolute Gasteiger partial charge is 0.467 e. The Bertz CT molecular complexity index is 379. The summed E-state index contributed by atoms with van der Waals surface area (Å²) in [7, 11) is 0. The van der Waals surface area contributed by atoms with E-state index in [0.29, 0.717) is 0 Å². The highest BCUT2D eigenvalue weighted by molar-refractivity contribution is 6.69. The first-order valence-electron chi connectivity index (χ1n) is 3.82. The van der Waals surface area contributed by atoms with Crippen molar-refractivity contribution in [2.45, 2.75) is 6.18 Å². The fourth-order valence-corrected chi connectivity index (χ4v) is 0.802. The quantitative estimate of drug-likeness (QED) is 0.508. The SMILES string of the molecule is ON=C(Cl)c1cnc(OCC(F)(F)F)cn1. The van der Waals surface area contributed by atoms with Crippen molar-refractivity contribution in [3.05, 3.63) is 18.1 Å². The van der Waals surface area contributed by atoms with Gasteiger partial charge in [-0.25, -0.2) is 9.97 Å². The summed E-state index contributed by atoms with van der Waals surface area (Å²) in [5.41, 5.74) is 0.0172. The predicted molar refractivity (Wildman–Crippen MR) is 47.8 cm³/mol. The van der Waals surface area contributed by atoms with Crippen LogP contribution >= 0.6 is 11.6 Å². The van der Waals surface area contributed by atoms with Crippen LogP contribution in [0.4, 0.5) is 13.2 Å². The zero-order chi connectivity index (χ0) is 12.2. The first-order chi connectivity index (χ1) is 7.42. The number of alkyl halides is 3. The second kappa shape index (κ2) is 4.97. The average molecular weight is 256 g/mol. The molecule has 0 radical (unpaired) electrons. The van der Waals surface area contributed by atoms with Gasteiger partial charge in [0.2, 0.25) is 5.88 Å². The molecule has 1 heterocycles. The van der Waals surface area contributed by atoms with Crippen molar-refractivity contribution in [2.24, 2.45) is 5.16 Å². The van der Waals surface area contributed by atoms with E-state index in [4.69, 9.17) is 16.8 Å². The molecule has 0 aliphatic heterocycles. The number of rotatable bonds is 3. The van der Waals surface area contributed by atoms with Gasteiger partial charge in [0.25, 0.3) is 0 Å². The maximum Gasteiger partial charge on any atom is 0.422 e. The van der Waals surface area contributed by atoms with Crippen LogP contribution in [0.15, 0.2) is 17.5 Å². The van der Waals surface area contributed by atoms with E-state index in [0.717, 1.165) is 12.4 Å². The predicted octanol–water partition coefficient (Wildman–Crippen LogP) is 1.79. The van der Waals surface area contributed by atoms with Gasteiger partial charge in [0.05, 0.1) is 12.4 Å². The van der Waals surface area contributed by atoms with Crippen LogP contribution < -0.4 is 4.74 Å². The van der Waals surface area contributed by atoms with Gasteiger partial charge in [0.15, 0.2) is 11.8 Å². The third-order valence-corrected chi connectivity index (χ3v) is 1.58. The number of halogens is 4. The highest BCUT2D eigenvalue weighted by Gasteiger charge is 2.28. The minimum Gasteiger partial charge on any atom is -0.467 e. The van der Waals surface area contributed by atoms with Crippen LogP contribution in [0.3, 0.4) is 0 Å². The lowest BCUT2D eigenvalue weighted by atomic mass is 10.5. The van der Waals surface area contributed by atoms with Crippen molar-refractivity contribution in [3.63, 3.8) is 0 Å². The smallest absolute Gasteiger partial charge is 0.422 e. The second-order valence-electron chi connectivity index (χ2n) is 2.53. The molecule has 9 heteroatoms. The Labute approximate surface area is 92.5 Å². The molecule has 0 aliphatic rings. The number of hydrogen-bond acceptors (Lipinski definition) is 5. The maximum atomic E-state index is 11.8. The summed E-state index contributed by atoms with van der Waals surface area (Å²) >= 11 is 5.37. The molecule has 0 fully saturated rings. The van der Waals surface area contributed by atoms with Crippen molar-refractivity contribution in [2.75, 3.05) is 6.61 Å². The number of aromatic nitrogens is 2. The summed E-state index contributed by atoms with van der Waals surface area (Å²) in [6.07, 6.45) is -2.48. The van der Waals surface area contributed by atoms with E-state index in [9.17, 15) is 13.2 Å². The number of oxime groups is 1. The van der Waals surface area contributed by atoms with Gasteiger partial charge in [-0.15, -0.1) is 0 Å². The Balaban J connectivity index is 2.65. The molecule has 16 heavy (non-hydrogen) atoms. The molecule has 0 atom stereocenters. The Hall–Kier alpha value is -1.57. The zero-order valence-corrected chi connectivity index (χ0v) is 8.33. The summed E-state index contributed by atoms with van der Waals surface area (Å²) in [5, 5.41) is 10.6. The fraction of sp³-hybridized carbons (Fsp3) is 0.286. The van der Waals surface area contributed by atoms with Crippen molar-refractivity contribution >= 4 is 16.8 Å². The van der Waals surface area contributed by atoms with E-state index in [2.05, 4.69) is 19.9 Å². The summed E-state index contributed by atoms with van der Waals surface area (Å²) in [5.74, 6) is -0.302. The molecule has 0 spiro atoms. The topological polar surface area (TPSA) is 67.6 Å². The monoisotopic (exact) mass is 255 g/mol. The van der Waals surface area contributed by atoms with E-state index in [1.54, 1.807) is 0 Å². The van der Waals surface area contributed by atoms with Gasteiger partial charge < -0.3 is 9.94 Å². The summed E-state index contributed by atoms with van der Waals surface area (Å²) in [4.78, 5) is 7.06. The van der Waals surface area contributed by atoms with Gasteiger partial charge in [0.1, 0.15) is 5.69 Å². The van der Waals surface area contributed by atoms with Crippen LogP contribution in [0.25, 0.3) is 0 Å². The van der Waals surface area contributed by atoms with Crippen molar-refractivity contribution in [1.82, 2.24) is 9.97 Å². The first kappa shape index (κ1) is 12.5. The van der Waals surface area contributed by atoms with Crippen molar-refractivity contribution < 1.29 is 23.1 Å². The molecule has 1 rings (SSSR count). The fourth-order valence-electron chi connectivity index (χ4n) is 0.704. The molecule has 88 valence electrons. The molecule has 0 unspecified atom stereocenters. The number of nitrogens with zero attached hydrogens (tertiary/aromatic N) is 3. The molecular formula is C7H5ClF3N3O2. The molecule has 0 aliphatic carbocycles. The van der Waals surface area contributed by atoms with Crippen molar-refractivity contribution in [3.8, 4) is 5.88 Å². The number of hydrogen-bond donors (Lipinski definition) is 1. The normalized spacial score (nSPS) is 12.6. The Morgan fingerprint density at radius 3 is 2.56 bits per heavy atom. The van der Waals surface area contributed by atoms with E-state index < -0.39 is 12.8 Å². The van der Waals surface area contributed by atoms with E-state index >= 15 is 0 Å². The molecule has 0 saturated carbocycles. The van der Waals surface area contributed by atoms with Crippen LogP contribution in [0, 0.1) is 0 Å². The molecule has 0 saturated heterocycles. The van der Waals surface area contributed by atoms with Crippen LogP contribution in [0.1, 0.15) is 5.69 Å². The van der Waals surface area contributed by atoms with Gasteiger partial charge in [-0.1, -0.05) is 16.8 Å². The van der Waals surface area contributed by atoms with Gasteiger partial charge in [0, 0.05) is 0 Å². The number of ether oxygens (including phenoxy) is 1. The summed E-state index contributed by atoms with van der Waals surface area (Å²) in [6, 6.07) is 0. The first-order valence-corrected chi connectivity index (χ1v) is 4.19. The molecule has 1 aromatic heterocycles. The maximum absolute atomic E-state index is 11.8. The van der Waals surface area contributed by atoms with Crippen LogP contribution in [-0.2, 0) is 0 Å². The minimum absolute atomic E-state index is 0.0172. The molecule has 5 nitrogen and oxygen atoms in total. The third-order valence-electron chi connectivity index (χ3n) is 1.31. The lowest BCUT2D eigenvalue weighted by Gasteiger charge is -2.07. The lowest BCUT2D eigenvalue weighted by molar-refractivity contribution is -0.154. The molecular weight excluding hydrogens is 251 g/mol. The van der Waals surface area contributed by atoms with Gasteiger partial charge in [-0.3, -0.25) is 0 Å². The minimum atomic E-state index is -4.44. The van der Waals surface area contributed by atoms with Crippen LogP contribution in [0.2, 0.25) is 0 Å². The van der Waals surface area contributed by atoms with Crippen LogP contribution in [-0.4, -0.2) is 33.1 Å². The molecule has 0 aromatic carbocycles. The van der Waals surface area contributed by atoms with Crippen molar-refractivity contribution in [1.29, 1.82) is 0 Å². The molecule has 0 amide bonds. The van der Waals surface area contributed by atoms with Gasteiger partial charge in [-0.2, -0.15) is 13.2 Å². The van der Waals surface area contributed by atoms with Gasteiger partial charge in [-0.05, 0) is 0 Å². The Kier molecular flexibility index (Phi) is 3.88. The summed E-state index contributed by atoms with van der Waals surface area (Å²) in [6.45, 7) is -1.46. The highest BCUT2D eigenvalue weighted by Crippen LogP contribution is 2.16. The molecule has 1 N–H and O–H groups in total. The third kappa shape index (κ3) is 3.89. The summed E-state index contributed by atoms with van der Waals surface area (Å²) < 4.78 is 39.6. The molecule has 0 bridgehead atoms. The second-order valence-corrected chi connectivity index (χ2v) is 2.89. The Morgan fingerprint density at radius 2 is 2.12 bits per heavy atom. The Morgan fingerprint density at radius 1 is 1.44 bits per heavy atom. The van der Waals surface area contributed by atoms with Gasteiger partial charge >= 0.3 is 6.18 Å². The molecule has 1 aromatic rings. The average Bonchev–Trinajstić information content (AvgIpc) is 2.25. The van der Waals surface area contributed by atoms with E-state index in [1.807, 2.05) is 0 Å². The van der Waals surface area contributed by atoms with E-state index in [1.165, 1.54) is 0 Å². The lowest BCUT2D eigenvalue weighted by Crippen LogP contribution is -2.19.